The number of aliphatic hydroxyl groups is 3. The van der Waals surface area contributed by atoms with Gasteiger partial charge in [0.25, 0.3) is 0 Å². The van der Waals surface area contributed by atoms with Gasteiger partial charge in [0.05, 0.1) is 5.56 Å². The maximum absolute atomic E-state index is 14.7. The summed E-state index contributed by atoms with van der Waals surface area (Å²) in [6.45, 7) is 16.3. The van der Waals surface area contributed by atoms with E-state index in [0.29, 0.717) is 17.0 Å². The summed E-state index contributed by atoms with van der Waals surface area (Å²) in [5, 5.41) is 47.4. The second kappa shape index (κ2) is 12.4. The summed E-state index contributed by atoms with van der Waals surface area (Å²) in [6.07, 6.45) is 0.868. The second-order valence-corrected chi connectivity index (χ2v) is 16.1. The van der Waals surface area contributed by atoms with Gasteiger partial charge in [0.1, 0.15) is 28.6 Å². The molecule has 3 aliphatic rings. The van der Waals surface area contributed by atoms with Crippen LogP contribution in [0.3, 0.4) is 0 Å². The number of fused-ring (bicyclic) bond motifs is 3. The van der Waals surface area contributed by atoms with Crippen molar-refractivity contribution in [3.8, 4) is 5.75 Å². The molecule has 5 rings (SSSR count). The number of hydrogen-bond donors (Lipinski definition) is 4. The number of benzene rings is 2. The number of Topliss-reactive ketones (excluding diaryl/α,β-unsaturated/α-hetero) is 4. The molecule has 4 N–H and O–H groups in total. The first-order valence-corrected chi connectivity index (χ1v) is 17.4. The summed E-state index contributed by atoms with van der Waals surface area (Å²) in [6, 6.07) is 9.84. The molecule has 0 aromatic heterocycles. The van der Waals surface area contributed by atoms with Crippen LogP contribution in [0.2, 0.25) is 0 Å². The Hall–Kier alpha value is -4.04. The minimum atomic E-state index is -2.66. The number of phenolic OH excluding ortho intramolecular Hbond substituents is 1. The van der Waals surface area contributed by atoms with Gasteiger partial charge in [-0.1, -0.05) is 85.7 Å². The normalized spacial score (nSPS) is 26.8. The molecule has 0 bridgehead atoms. The smallest absolute Gasteiger partial charge is 0.203 e. The van der Waals surface area contributed by atoms with Crippen molar-refractivity contribution >= 4 is 28.9 Å². The summed E-state index contributed by atoms with van der Waals surface area (Å²) < 4.78 is 0. The van der Waals surface area contributed by atoms with Crippen molar-refractivity contribution in [3.05, 3.63) is 80.6 Å². The van der Waals surface area contributed by atoms with Gasteiger partial charge in [0, 0.05) is 35.2 Å². The monoisotopic (exact) mass is 670 g/mol. The van der Waals surface area contributed by atoms with Gasteiger partial charge >= 0.3 is 0 Å². The zero-order valence-electron chi connectivity index (χ0n) is 30.2. The van der Waals surface area contributed by atoms with Gasteiger partial charge in [-0.2, -0.15) is 0 Å². The van der Waals surface area contributed by atoms with E-state index in [1.165, 1.54) is 5.56 Å². The molecule has 0 spiro atoms. The lowest BCUT2D eigenvalue weighted by Gasteiger charge is -2.60. The maximum atomic E-state index is 14.7. The molecule has 0 saturated heterocycles. The lowest BCUT2D eigenvalue weighted by molar-refractivity contribution is -0.178. The van der Waals surface area contributed by atoms with Crippen LogP contribution in [0.4, 0.5) is 0 Å². The minimum Gasteiger partial charge on any atom is -0.508 e. The predicted molar refractivity (Wildman–Crippen MR) is 187 cm³/mol. The highest BCUT2D eigenvalue weighted by molar-refractivity contribution is 6.24. The second-order valence-electron chi connectivity index (χ2n) is 16.1. The molecule has 49 heavy (non-hydrogen) atoms. The first-order chi connectivity index (χ1) is 22.7. The molecule has 1 saturated carbocycles. The Morgan fingerprint density at radius 3 is 2.08 bits per heavy atom. The fourth-order valence-electron chi connectivity index (χ4n) is 9.19. The van der Waals surface area contributed by atoms with E-state index in [2.05, 4.69) is 13.8 Å². The molecule has 1 unspecified atom stereocenters. The fourth-order valence-corrected chi connectivity index (χ4v) is 9.19. The topological polar surface area (TPSA) is 149 Å². The SMILES string of the molecule is CC(=O)C1=C(O)[C@]2(O)C(=O)C3=C(O)c4c(O)c(CCC(=O)Cc5ccc(C(C)C)cc5)cc(C(C)C)c4C[C@]3(C)C[C@]2(C)C(C(C)C)C1=O. The Morgan fingerprint density at radius 1 is 0.939 bits per heavy atom. The van der Waals surface area contributed by atoms with Crippen LogP contribution in [0.5, 0.6) is 5.75 Å². The van der Waals surface area contributed by atoms with Gasteiger partial charge in [-0.25, -0.2) is 0 Å². The van der Waals surface area contributed by atoms with Crippen LogP contribution < -0.4 is 0 Å². The molecule has 0 heterocycles. The first-order valence-electron chi connectivity index (χ1n) is 17.4. The standard InChI is InChI=1S/C41H50O8/c1-20(2)25-12-10-24(11-13-25)16-27(43)15-14-26-17-28(21(3)4)29-18-39(8)19-40(9)32(22(5)6)35(45)30(23(7)42)37(47)41(40,49)38(48)33(39)36(46)31(29)34(26)44/h10-13,17,20-22,32,44,46-47,49H,14-16,18-19H2,1-9H3/t32?,39-,40-,41+/m1/s1. The number of hydrogen-bond acceptors (Lipinski definition) is 8. The quantitative estimate of drug-likeness (QED) is 0.205. The van der Waals surface area contributed by atoms with Crippen molar-refractivity contribution in [1.29, 1.82) is 0 Å². The number of ketones is 4. The fraction of sp³-hybridized carbons (Fsp3) is 0.512. The highest BCUT2D eigenvalue weighted by Crippen LogP contribution is 2.65. The molecule has 3 aliphatic carbocycles. The number of rotatable bonds is 9. The van der Waals surface area contributed by atoms with Crippen LogP contribution in [-0.4, -0.2) is 49.2 Å². The van der Waals surface area contributed by atoms with Crippen LogP contribution in [0.1, 0.15) is 120 Å². The Morgan fingerprint density at radius 2 is 1.55 bits per heavy atom. The number of carbonyl (C=O) groups excluding carboxylic acids is 4. The number of aromatic hydroxyl groups is 1. The van der Waals surface area contributed by atoms with Gasteiger partial charge in [-0.15, -0.1) is 0 Å². The molecular weight excluding hydrogens is 620 g/mol. The zero-order chi connectivity index (χ0) is 36.5. The van der Waals surface area contributed by atoms with Crippen molar-refractivity contribution in [2.24, 2.45) is 22.7 Å². The van der Waals surface area contributed by atoms with E-state index in [9.17, 15) is 39.6 Å². The molecule has 0 radical (unpaired) electrons. The number of phenols is 1. The molecule has 8 nitrogen and oxygen atoms in total. The van der Waals surface area contributed by atoms with Gasteiger partial charge in [0.15, 0.2) is 17.2 Å². The molecule has 1 fully saturated rings. The largest absolute Gasteiger partial charge is 0.508 e. The van der Waals surface area contributed by atoms with Crippen LogP contribution >= 0.6 is 0 Å². The van der Waals surface area contributed by atoms with Crippen molar-refractivity contribution in [2.75, 3.05) is 0 Å². The third-order valence-electron chi connectivity index (χ3n) is 11.5. The van der Waals surface area contributed by atoms with Gasteiger partial charge in [-0.3, -0.25) is 19.2 Å². The third-order valence-corrected chi connectivity index (χ3v) is 11.5. The Bertz CT molecular complexity index is 1820. The first kappa shape index (κ1) is 36.2. The average molecular weight is 671 g/mol. The summed E-state index contributed by atoms with van der Waals surface area (Å²) in [7, 11) is 0. The van der Waals surface area contributed by atoms with Crippen molar-refractivity contribution in [1.82, 2.24) is 0 Å². The molecule has 0 aliphatic heterocycles. The van der Waals surface area contributed by atoms with E-state index in [1.54, 1.807) is 27.7 Å². The lowest BCUT2D eigenvalue weighted by Crippen LogP contribution is -2.69. The number of aliphatic hydroxyl groups excluding tert-OH is 2. The maximum Gasteiger partial charge on any atom is 0.203 e. The van der Waals surface area contributed by atoms with Gasteiger partial charge < -0.3 is 20.4 Å². The van der Waals surface area contributed by atoms with E-state index in [0.717, 1.165) is 18.1 Å². The van der Waals surface area contributed by atoms with E-state index in [1.807, 2.05) is 44.2 Å². The lowest BCUT2D eigenvalue weighted by atomic mass is 9.43. The van der Waals surface area contributed by atoms with Gasteiger partial charge in [0.2, 0.25) is 5.78 Å². The number of allylic oxidation sites excluding steroid dienone is 1. The van der Waals surface area contributed by atoms with Crippen molar-refractivity contribution in [2.45, 2.75) is 112 Å². The van der Waals surface area contributed by atoms with Crippen LogP contribution in [0.25, 0.3) is 5.76 Å². The van der Waals surface area contributed by atoms with Crippen LogP contribution in [-0.2, 0) is 38.4 Å². The molecule has 8 heteroatoms. The number of carbonyl (C=O) groups is 4. The van der Waals surface area contributed by atoms with Crippen LogP contribution in [0.15, 0.2) is 47.2 Å². The van der Waals surface area contributed by atoms with E-state index in [-0.39, 0.29) is 60.7 Å². The summed E-state index contributed by atoms with van der Waals surface area (Å²) in [5.41, 5.74) is -1.87. The van der Waals surface area contributed by atoms with Crippen molar-refractivity contribution < 1.29 is 39.6 Å². The number of aryl methyl sites for hydroxylation is 1. The van der Waals surface area contributed by atoms with Crippen molar-refractivity contribution in [3.63, 3.8) is 0 Å². The highest BCUT2D eigenvalue weighted by Gasteiger charge is 2.72. The predicted octanol–water partition coefficient (Wildman–Crippen LogP) is 7.18. The van der Waals surface area contributed by atoms with Crippen LogP contribution in [0, 0.1) is 22.7 Å². The minimum absolute atomic E-state index is 0.00489. The van der Waals surface area contributed by atoms with E-state index < -0.39 is 62.7 Å². The summed E-state index contributed by atoms with van der Waals surface area (Å²) in [4.78, 5) is 54.1. The van der Waals surface area contributed by atoms with E-state index >= 15 is 0 Å². The highest BCUT2D eigenvalue weighted by atomic mass is 16.3. The zero-order valence-corrected chi connectivity index (χ0v) is 30.2. The molecule has 0 amide bonds. The molecule has 4 atom stereocenters. The Labute approximate surface area is 288 Å². The molecule has 2 aromatic carbocycles. The third kappa shape index (κ3) is 5.47. The Kier molecular flexibility index (Phi) is 9.16. The molecular formula is C41H50O8. The molecule has 262 valence electrons. The average Bonchev–Trinajstić information content (AvgIpc) is 2.98. The Balaban J connectivity index is 1.60. The summed E-state index contributed by atoms with van der Waals surface area (Å²) in [5.74, 6) is -5.11. The van der Waals surface area contributed by atoms with E-state index in [4.69, 9.17) is 0 Å². The van der Waals surface area contributed by atoms with Gasteiger partial charge in [-0.05, 0) is 71.8 Å². The molecule has 2 aromatic rings. The summed E-state index contributed by atoms with van der Waals surface area (Å²) >= 11 is 0.